The fourth-order valence-electron chi connectivity index (χ4n) is 1.84. The number of hydrogen-bond acceptors (Lipinski definition) is 4. The van der Waals surface area contributed by atoms with Gasteiger partial charge in [-0.15, -0.1) is 11.8 Å². The highest BCUT2D eigenvalue weighted by Crippen LogP contribution is 2.26. The van der Waals surface area contributed by atoms with E-state index in [1.165, 1.54) is 4.90 Å². The summed E-state index contributed by atoms with van der Waals surface area (Å²) < 4.78 is 0. The number of amides is 2. The highest BCUT2D eigenvalue weighted by Gasteiger charge is 2.39. The van der Waals surface area contributed by atoms with Crippen LogP contribution < -0.4 is 5.32 Å². The van der Waals surface area contributed by atoms with Crippen LogP contribution in [0.2, 0.25) is 0 Å². The third-order valence-electron chi connectivity index (χ3n) is 2.63. The van der Waals surface area contributed by atoms with Gasteiger partial charge in [0.15, 0.2) is 0 Å². The molecule has 0 spiro atoms. The largest absolute Gasteiger partial charge is 0.314 e. The van der Waals surface area contributed by atoms with Gasteiger partial charge >= 0.3 is 0 Å². The van der Waals surface area contributed by atoms with Gasteiger partial charge < -0.3 is 5.32 Å². The van der Waals surface area contributed by atoms with E-state index in [1.807, 2.05) is 13.8 Å². The van der Waals surface area contributed by atoms with Gasteiger partial charge in [-0.05, 0) is 13.8 Å². The van der Waals surface area contributed by atoms with Crippen molar-refractivity contribution in [1.82, 2.24) is 10.2 Å². The normalized spacial score (nSPS) is 21.1. The first kappa shape index (κ1) is 14.5. The lowest BCUT2D eigenvalue weighted by molar-refractivity contribution is -0.140. The minimum Gasteiger partial charge on any atom is -0.314 e. The van der Waals surface area contributed by atoms with Crippen LogP contribution in [-0.4, -0.2) is 46.3 Å². The molecule has 17 heavy (non-hydrogen) atoms. The number of carbonyl (C=O) groups is 2. The fraction of sp³-hybridized carbons (Fsp3) is 0.833. The summed E-state index contributed by atoms with van der Waals surface area (Å²) >= 11 is 1.58. The van der Waals surface area contributed by atoms with Gasteiger partial charge in [-0.2, -0.15) is 0 Å². The van der Waals surface area contributed by atoms with Gasteiger partial charge in [0.2, 0.25) is 11.8 Å². The molecule has 0 bridgehead atoms. The highest BCUT2D eigenvalue weighted by molar-refractivity contribution is 8.00. The predicted octanol–water partition coefficient (Wildman–Crippen LogP) is 1.25. The Hall–Kier alpha value is -0.550. The Balaban J connectivity index is 2.36. The lowest BCUT2D eigenvalue weighted by Crippen LogP contribution is -2.37. The second-order valence-corrected chi connectivity index (χ2v) is 6.18. The number of rotatable bonds is 6. The van der Waals surface area contributed by atoms with Gasteiger partial charge in [0, 0.05) is 30.8 Å². The van der Waals surface area contributed by atoms with Crippen LogP contribution in [-0.2, 0) is 9.59 Å². The molecule has 1 saturated heterocycles. The van der Waals surface area contributed by atoms with Crippen LogP contribution >= 0.6 is 11.8 Å². The first-order valence-electron chi connectivity index (χ1n) is 6.14. The van der Waals surface area contributed by atoms with Crippen molar-refractivity contribution in [3.05, 3.63) is 0 Å². The number of nitrogens with one attached hydrogen (secondary N) is 1. The van der Waals surface area contributed by atoms with Crippen LogP contribution in [0.5, 0.6) is 0 Å². The smallest absolute Gasteiger partial charge is 0.243 e. The quantitative estimate of drug-likeness (QED) is 0.575. The molecule has 4 nitrogen and oxygen atoms in total. The predicted molar refractivity (Wildman–Crippen MR) is 71.0 cm³/mol. The molecule has 0 saturated carbocycles. The molecule has 0 radical (unpaired) electrons. The molecule has 0 aromatic rings. The van der Waals surface area contributed by atoms with E-state index >= 15 is 0 Å². The topological polar surface area (TPSA) is 49.4 Å². The van der Waals surface area contributed by atoms with E-state index in [2.05, 4.69) is 19.2 Å². The number of nitrogens with zero attached hydrogens (tertiary/aromatic N) is 1. The van der Waals surface area contributed by atoms with Crippen LogP contribution in [0.15, 0.2) is 0 Å². The zero-order valence-corrected chi connectivity index (χ0v) is 11.8. The van der Waals surface area contributed by atoms with E-state index in [0.29, 0.717) is 12.5 Å². The average Bonchev–Trinajstić information content (AvgIpc) is 2.48. The van der Waals surface area contributed by atoms with Crippen molar-refractivity contribution in [3.8, 4) is 0 Å². The Morgan fingerprint density at radius 1 is 1.35 bits per heavy atom. The maximum atomic E-state index is 11.9. The molecule has 1 unspecified atom stereocenters. The Kier molecular flexibility index (Phi) is 5.46. The van der Waals surface area contributed by atoms with Gasteiger partial charge in [0.1, 0.15) is 0 Å². The number of likely N-dealkylation sites (tertiary alicyclic amines) is 1. The minimum atomic E-state index is -0.168. The van der Waals surface area contributed by atoms with Gasteiger partial charge in [-0.1, -0.05) is 13.8 Å². The molecule has 0 aromatic carbocycles. The molecule has 0 aliphatic carbocycles. The average molecular weight is 258 g/mol. The van der Waals surface area contributed by atoms with E-state index in [4.69, 9.17) is 0 Å². The van der Waals surface area contributed by atoms with Crippen molar-refractivity contribution in [3.63, 3.8) is 0 Å². The van der Waals surface area contributed by atoms with Gasteiger partial charge in [0.05, 0.1) is 5.25 Å². The molecule has 1 atom stereocenters. The molecule has 1 aliphatic rings. The minimum absolute atomic E-state index is 0.0143. The molecular weight excluding hydrogens is 236 g/mol. The second-order valence-electron chi connectivity index (χ2n) is 4.87. The SMILES string of the molecule is CC(C)NCCSC1CC(=O)N(C(C)C)C1=O. The van der Waals surface area contributed by atoms with E-state index in [0.717, 1.165) is 12.3 Å². The molecule has 0 aromatic heterocycles. The molecule has 5 heteroatoms. The monoisotopic (exact) mass is 258 g/mol. The van der Waals surface area contributed by atoms with E-state index in [9.17, 15) is 9.59 Å². The molecular formula is C12H22N2O2S. The van der Waals surface area contributed by atoms with Crippen molar-refractivity contribution in [2.75, 3.05) is 12.3 Å². The van der Waals surface area contributed by atoms with Crippen molar-refractivity contribution in [2.24, 2.45) is 0 Å². The number of carbonyl (C=O) groups excluding carboxylic acids is 2. The summed E-state index contributed by atoms with van der Waals surface area (Å²) in [5.41, 5.74) is 0. The molecule has 1 aliphatic heterocycles. The van der Waals surface area contributed by atoms with Crippen molar-refractivity contribution < 1.29 is 9.59 Å². The lowest BCUT2D eigenvalue weighted by atomic mass is 10.3. The summed E-state index contributed by atoms with van der Waals surface area (Å²) in [5.74, 6) is 0.826. The van der Waals surface area contributed by atoms with Crippen LogP contribution in [0, 0.1) is 0 Å². The molecule has 1 rings (SSSR count). The number of hydrogen-bond donors (Lipinski definition) is 1. The van der Waals surface area contributed by atoms with E-state index in [1.54, 1.807) is 11.8 Å². The van der Waals surface area contributed by atoms with Crippen molar-refractivity contribution >= 4 is 23.6 Å². The van der Waals surface area contributed by atoms with Crippen LogP contribution in [0.4, 0.5) is 0 Å². The number of thioether (sulfide) groups is 1. The van der Waals surface area contributed by atoms with Crippen LogP contribution in [0.1, 0.15) is 34.1 Å². The standard InChI is InChI=1S/C12H22N2O2S/c1-8(2)13-5-6-17-10-7-11(15)14(9(3)4)12(10)16/h8-10,13H,5-7H2,1-4H3. The zero-order chi connectivity index (χ0) is 13.0. The lowest BCUT2D eigenvalue weighted by Gasteiger charge is -2.18. The molecule has 98 valence electrons. The van der Waals surface area contributed by atoms with E-state index < -0.39 is 0 Å². The number of imide groups is 1. The fourth-order valence-corrected chi connectivity index (χ4v) is 2.88. The van der Waals surface area contributed by atoms with Gasteiger partial charge in [-0.3, -0.25) is 14.5 Å². The van der Waals surface area contributed by atoms with Crippen molar-refractivity contribution in [1.29, 1.82) is 0 Å². The molecule has 1 fully saturated rings. The van der Waals surface area contributed by atoms with Crippen LogP contribution in [0.25, 0.3) is 0 Å². The maximum absolute atomic E-state index is 11.9. The highest BCUT2D eigenvalue weighted by atomic mass is 32.2. The molecule has 1 N–H and O–H groups in total. The summed E-state index contributed by atoms with van der Waals surface area (Å²) in [6, 6.07) is 0.443. The summed E-state index contributed by atoms with van der Waals surface area (Å²) in [6.07, 6.45) is 0.364. The Labute approximate surface area is 108 Å². The third kappa shape index (κ3) is 4.00. The Morgan fingerprint density at radius 2 is 2.00 bits per heavy atom. The Bertz CT molecular complexity index is 292. The Morgan fingerprint density at radius 3 is 2.47 bits per heavy atom. The van der Waals surface area contributed by atoms with Crippen molar-refractivity contribution in [2.45, 2.75) is 51.4 Å². The van der Waals surface area contributed by atoms with E-state index in [-0.39, 0.29) is 23.1 Å². The molecule has 2 amide bonds. The zero-order valence-electron chi connectivity index (χ0n) is 11.0. The first-order valence-corrected chi connectivity index (χ1v) is 7.19. The summed E-state index contributed by atoms with van der Waals surface area (Å²) in [4.78, 5) is 25.0. The third-order valence-corrected chi connectivity index (χ3v) is 3.84. The summed E-state index contributed by atoms with van der Waals surface area (Å²) in [5, 5.41) is 3.13. The van der Waals surface area contributed by atoms with Gasteiger partial charge in [0.25, 0.3) is 0 Å². The van der Waals surface area contributed by atoms with Gasteiger partial charge in [-0.25, -0.2) is 0 Å². The summed E-state index contributed by atoms with van der Waals surface area (Å²) in [6.45, 7) is 8.82. The summed E-state index contributed by atoms with van der Waals surface area (Å²) in [7, 11) is 0. The second kappa shape index (κ2) is 6.40. The molecule has 1 heterocycles. The maximum Gasteiger partial charge on any atom is 0.243 e. The van der Waals surface area contributed by atoms with Crippen LogP contribution in [0.3, 0.4) is 0 Å². The first-order chi connectivity index (χ1) is 7.93.